The van der Waals surface area contributed by atoms with Crippen LogP contribution < -0.4 is 5.32 Å². The lowest BCUT2D eigenvalue weighted by atomic mass is 9.96. The van der Waals surface area contributed by atoms with E-state index in [2.05, 4.69) is 11.4 Å². The molecule has 0 aromatic heterocycles. The van der Waals surface area contributed by atoms with Crippen LogP contribution >= 0.6 is 0 Å². The van der Waals surface area contributed by atoms with Crippen LogP contribution in [0.3, 0.4) is 0 Å². The molecule has 0 bridgehead atoms. The van der Waals surface area contributed by atoms with Gasteiger partial charge in [0.1, 0.15) is 6.17 Å². The van der Waals surface area contributed by atoms with Gasteiger partial charge in [-0.05, 0) is 37.4 Å². The Bertz CT molecular complexity index is 316. The molecule has 1 fully saturated rings. The van der Waals surface area contributed by atoms with E-state index in [0.717, 1.165) is 12.1 Å². The van der Waals surface area contributed by atoms with Gasteiger partial charge in [0, 0.05) is 12.5 Å². The summed E-state index contributed by atoms with van der Waals surface area (Å²) in [7, 11) is 0. The maximum Gasteiger partial charge on any atom is 0.101 e. The van der Waals surface area contributed by atoms with Crippen molar-refractivity contribution in [3.8, 4) is 0 Å². The first-order valence-electron chi connectivity index (χ1n) is 5.72. The van der Waals surface area contributed by atoms with Gasteiger partial charge in [-0.25, -0.2) is 4.39 Å². The molecular weight excluding hydrogens is 189 g/mol. The molecule has 2 atom stereocenters. The number of hydrogen-bond donors (Lipinski definition) is 1. The predicted molar refractivity (Wildman–Crippen MR) is 60.7 cm³/mol. The second-order valence-electron chi connectivity index (χ2n) is 4.33. The van der Waals surface area contributed by atoms with Crippen LogP contribution in [0.2, 0.25) is 0 Å². The first kappa shape index (κ1) is 10.6. The largest absolute Gasteiger partial charge is 0.310 e. The van der Waals surface area contributed by atoms with Gasteiger partial charge in [-0.3, -0.25) is 0 Å². The van der Waals surface area contributed by atoms with Crippen molar-refractivity contribution in [2.45, 2.75) is 38.4 Å². The molecular formula is C13H18FN. The second-order valence-corrected chi connectivity index (χ2v) is 4.33. The van der Waals surface area contributed by atoms with E-state index < -0.39 is 6.17 Å². The van der Waals surface area contributed by atoms with E-state index in [0.29, 0.717) is 12.5 Å². The van der Waals surface area contributed by atoms with Crippen LogP contribution in [0.5, 0.6) is 0 Å². The predicted octanol–water partition coefficient (Wildman–Crippen LogP) is 3.01. The normalized spacial score (nSPS) is 22.9. The molecule has 1 heterocycles. The molecule has 1 aromatic rings. The highest BCUT2D eigenvalue weighted by molar-refractivity contribution is 5.31. The quantitative estimate of drug-likeness (QED) is 0.803. The summed E-state index contributed by atoms with van der Waals surface area (Å²) in [5, 5.41) is 3.46. The van der Waals surface area contributed by atoms with Gasteiger partial charge >= 0.3 is 0 Å². The number of rotatable bonds is 3. The SMILES string of the molecule is CC(F)Cc1ccccc1C1CCCN1. The Morgan fingerprint density at radius 1 is 1.47 bits per heavy atom. The number of halogens is 1. The Kier molecular flexibility index (Phi) is 3.37. The van der Waals surface area contributed by atoms with Crippen LogP contribution in [-0.4, -0.2) is 12.7 Å². The van der Waals surface area contributed by atoms with Gasteiger partial charge in [-0.2, -0.15) is 0 Å². The minimum atomic E-state index is -0.757. The van der Waals surface area contributed by atoms with E-state index in [1.54, 1.807) is 6.92 Å². The lowest BCUT2D eigenvalue weighted by molar-refractivity contribution is 0.359. The molecule has 1 aliphatic heterocycles. The molecule has 2 heteroatoms. The van der Waals surface area contributed by atoms with Gasteiger partial charge in [0.15, 0.2) is 0 Å². The minimum absolute atomic E-state index is 0.444. The molecule has 1 aliphatic rings. The van der Waals surface area contributed by atoms with Crippen LogP contribution in [0.15, 0.2) is 24.3 Å². The highest BCUT2D eigenvalue weighted by Crippen LogP contribution is 2.26. The molecule has 0 spiro atoms. The third-order valence-corrected chi connectivity index (χ3v) is 2.99. The molecule has 2 rings (SSSR count). The third kappa shape index (κ3) is 2.57. The average Bonchev–Trinajstić information content (AvgIpc) is 2.70. The second kappa shape index (κ2) is 4.75. The van der Waals surface area contributed by atoms with Crippen LogP contribution in [0.4, 0.5) is 4.39 Å². The molecule has 0 saturated carbocycles. The van der Waals surface area contributed by atoms with Gasteiger partial charge in [-0.15, -0.1) is 0 Å². The van der Waals surface area contributed by atoms with Crippen LogP contribution in [-0.2, 0) is 6.42 Å². The van der Waals surface area contributed by atoms with E-state index in [1.165, 1.54) is 18.4 Å². The number of nitrogens with one attached hydrogen (secondary N) is 1. The Hall–Kier alpha value is -0.890. The molecule has 0 amide bonds. The van der Waals surface area contributed by atoms with Crippen LogP contribution in [0.25, 0.3) is 0 Å². The lowest BCUT2D eigenvalue weighted by Gasteiger charge is -2.16. The fraction of sp³-hybridized carbons (Fsp3) is 0.538. The van der Waals surface area contributed by atoms with E-state index in [4.69, 9.17) is 0 Å². The first-order valence-corrected chi connectivity index (χ1v) is 5.72. The molecule has 0 radical (unpaired) electrons. The first-order chi connectivity index (χ1) is 7.27. The Morgan fingerprint density at radius 2 is 2.27 bits per heavy atom. The molecule has 15 heavy (non-hydrogen) atoms. The van der Waals surface area contributed by atoms with E-state index >= 15 is 0 Å². The van der Waals surface area contributed by atoms with Gasteiger partial charge in [0.25, 0.3) is 0 Å². The van der Waals surface area contributed by atoms with Crippen molar-refractivity contribution in [1.29, 1.82) is 0 Å². The van der Waals surface area contributed by atoms with Crippen molar-refractivity contribution >= 4 is 0 Å². The van der Waals surface area contributed by atoms with Crippen LogP contribution in [0, 0.1) is 0 Å². The minimum Gasteiger partial charge on any atom is -0.310 e. The third-order valence-electron chi connectivity index (χ3n) is 2.99. The van der Waals surface area contributed by atoms with Crippen molar-refractivity contribution in [2.24, 2.45) is 0 Å². The summed E-state index contributed by atoms with van der Waals surface area (Å²) in [6.07, 6.45) is 2.18. The maximum atomic E-state index is 13.0. The summed E-state index contributed by atoms with van der Waals surface area (Å²) in [5.74, 6) is 0. The summed E-state index contributed by atoms with van der Waals surface area (Å²) >= 11 is 0. The Labute approximate surface area is 90.7 Å². The zero-order chi connectivity index (χ0) is 10.7. The fourth-order valence-corrected chi connectivity index (χ4v) is 2.31. The fourth-order valence-electron chi connectivity index (χ4n) is 2.31. The van der Waals surface area contributed by atoms with Crippen molar-refractivity contribution < 1.29 is 4.39 Å². The zero-order valence-corrected chi connectivity index (χ0v) is 9.17. The van der Waals surface area contributed by atoms with Crippen molar-refractivity contribution in [3.63, 3.8) is 0 Å². The number of benzene rings is 1. The van der Waals surface area contributed by atoms with Crippen LogP contribution in [0.1, 0.15) is 36.9 Å². The molecule has 1 nitrogen and oxygen atoms in total. The zero-order valence-electron chi connectivity index (χ0n) is 9.17. The van der Waals surface area contributed by atoms with Gasteiger partial charge in [0.05, 0.1) is 0 Å². The maximum absolute atomic E-state index is 13.0. The lowest BCUT2D eigenvalue weighted by Crippen LogP contribution is -2.15. The van der Waals surface area contributed by atoms with E-state index in [-0.39, 0.29) is 0 Å². The molecule has 1 aromatic carbocycles. The summed E-state index contributed by atoms with van der Waals surface area (Å²) in [6, 6.07) is 8.66. The van der Waals surface area contributed by atoms with E-state index in [1.807, 2.05) is 18.2 Å². The summed E-state index contributed by atoms with van der Waals surface area (Å²) < 4.78 is 13.0. The summed E-state index contributed by atoms with van der Waals surface area (Å²) in [5.41, 5.74) is 2.45. The standard InChI is InChI=1S/C13H18FN/c1-10(14)9-11-5-2-3-6-12(11)13-7-4-8-15-13/h2-3,5-6,10,13,15H,4,7-9H2,1H3. The topological polar surface area (TPSA) is 12.0 Å². The Balaban J connectivity index is 2.20. The highest BCUT2D eigenvalue weighted by Gasteiger charge is 2.19. The monoisotopic (exact) mass is 207 g/mol. The molecule has 2 unspecified atom stereocenters. The Morgan fingerprint density at radius 3 is 2.93 bits per heavy atom. The van der Waals surface area contributed by atoms with Crippen molar-refractivity contribution in [3.05, 3.63) is 35.4 Å². The molecule has 82 valence electrons. The van der Waals surface area contributed by atoms with Crippen molar-refractivity contribution in [1.82, 2.24) is 5.32 Å². The molecule has 1 saturated heterocycles. The smallest absolute Gasteiger partial charge is 0.101 e. The van der Waals surface area contributed by atoms with Gasteiger partial charge in [-0.1, -0.05) is 24.3 Å². The summed E-state index contributed by atoms with van der Waals surface area (Å²) in [4.78, 5) is 0. The number of hydrogen-bond acceptors (Lipinski definition) is 1. The van der Waals surface area contributed by atoms with Crippen molar-refractivity contribution in [2.75, 3.05) is 6.54 Å². The average molecular weight is 207 g/mol. The molecule has 1 N–H and O–H groups in total. The summed E-state index contributed by atoms with van der Waals surface area (Å²) in [6.45, 7) is 2.71. The van der Waals surface area contributed by atoms with E-state index in [9.17, 15) is 4.39 Å². The highest BCUT2D eigenvalue weighted by atomic mass is 19.1. The number of alkyl halides is 1. The molecule has 0 aliphatic carbocycles. The van der Waals surface area contributed by atoms with Gasteiger partial charge < -0.3 is 5.32 Å². The van der Waals surface area contributed by atoms with Gasteiger partial charge in [0.2, 0.25) is 0 Å².